The van der Waals surface area contributed by atoms with E-state index in [1.54, 1.807) is 11.3 Å². The number of aryl methyl sites for hydroxylation is 2. The van der Waals surface area contributed by atoms with Crippen molar-refractivity contribution < 1.29 is 4.74 Å². The first-order valence-electron chi connectivity index (χ1n) is 5.93. The molecule has 0 radical (unpaired) electrons. The third-order valence-corrected chi connectivity index (χ3v) is 4.63. The second kappa shape index (κ2) is 4.64. The van der Waals surface area contributed by atoms with E-state index in [1.165, 1.54) is 10.4 Å². The fourth-order valence-corrected chi connectivity index (χ4v) is 3.43. The van der Waals surface area contributed by atoms with Crippen molar-refractivity contribution in [2.24, 2.45) is 0 Å². The van der Waals surface area contributed by atoms with Gasteiger partial charge < -0.3 is 9.64 Å². The zero-order valence-electron chi connectivity index (χ0n) is 10.4. The number of rotatable bonds is 1. The largest absolute Gasteiger partial charge is 0.378 e. The minimum Gasteiger partial charge on any atom is -0.378 e. The van der Waals surface area contributed by atoms with Crippen molar-refractivity contribution >= 4 is 39.0 Å². The molecule has 0 saturated carbocycles. The van der Waals surface area contributed by atoms with Gasteiger partial charge in [-0.1, -0.05) is 0 Å². The monoisotopic (exact) mass is 283 g/mol. The molecule has 6 heteroatoms. The van der Waals surface area contributed by atoms with Gasteiger partial charge in [-0.3, -0.25) is 0 Å². The lowest BCUT2D eigenvalue weighted by Gasteiger charge is -2.28. The maximum absolute atomic E-state index is 6.05. The number of hydrogen-bond acceptors (Lipinski definition) is 5. The summed E-state index contributed by atoms with van der Waals surface area (Å²) in [7, 11) is 0. The molecule has 3 rings (SSSR count). The van der Waals surface area contributed by atoms with E-state index >= 15 is 0 Å². The second-order valence-corrected chi connectivity index (χ2v) is 5.94. The van der Waals surface area contributed by atoms with Crippen molar-refractivity contribution in [1.29, 1.82) is 0 Å². The quantitative estimate of drug-likeness (QED) is 0.755. The summed E-state index contributed by atoms with van der Waals surface area (Å²) >= 11 is 7.79. The van der Waals surface area contributed by atoms with Crippen molar-refractivity contribution in [2.45, 2.75) is 13.8 Å². The van der Waals surface area contributed by atoms with Gasteiger partial charge >= 0.3 is 0 Å². The summed E-state index contributed by atoms with van der Waals surface area (Å²) in [5.74, 6) is 0.953. The fraction of sp³-hybridized carbons (Fsp3) is 0.500. The Morgan fingerprint density at radius 2 is 1.94 bits per heavy atom. The van der Waals surface area contributed by atoms with Crippen LogP contribution in [0.3, 0.4) is 0 Å². The predicted octanol–water partition coefficient (Wildman–Crippen LogP) is 2.80. The normalized spacial score (nSPS) is 16.5. The van der Waals surface area contributed by atoms with Gasteiger partial charge in [0.25, 0.3) is 0 Å². The van der Waals surface area contributed by atoms with E-state index < -0.39 is 0 Å². The van der Waals surface area contributed by atoms with Crippen molar-refractivity contribution in [1.82, 2.24) is 9.97 Å². The van der Waals surface area contributed by atoms with Gasteiger partial charge in [-0.25, -0.2) is 4.98 Å². The number of halogens is 1. The third-order valence-electron chi connectivity index (χ3n) is 3.27. The van der Waals surface area contributed by atoms with E-state index in [-0.39, 0.29) is 0 Å². The Morgan fingerprint density at radius 3 is 2.67 bits per heavy atom. The smallest absolute Gasteiger partial charge is 0.224 e. The van der Waals surface area contributed by atoms with Crippen LogP contribution in [0.4, 0.5) is 5.82 Å². The van der Waals surface area contributed by atoms with Crippen LogP contribution < -0.4 is 4.90 Å². The van der Waals surface area contributed by atoms with E-state index in [2.05, 4.69) is 28.7 Å². The topological polar surface area (TPSA) is 38.2 Å². The average Bonchev–Trinajstić information content (AvgIpc) is 2.66. The molecule has 2 aromatic heterocycles. The lowest BCUT2D eigenvalue weighted by molar-refractivity contribution is 0.122. The van der Waals surface area contributed by atoms with Gasteiger partial charge in [-0.15, -0.1) is 11.3 Å². The van der Waals surface area contributed by atoms with Crippen LogP contribution in [0, 0.1) is 13.8 Å². The van der Waals surface area contributed by atoms with Crippen LogP contribution >= 0.6 is 22.9 Å². The van der Waals surface area contributed by atoms with Crippen LogP contribution in [0.2, 0.25) is 5.28 Å². The number of anilines is 1. The van der Waals surface area contributed by atoms with Crippen molar-refractivity contribution in [3.05, 3.63) is 15.7 Å². The molecule has 1 saturated heterocycles. The fourth-order valence-electron chi connectivity index (χ4n) is 2.15. The lowest BCUT2D eigenvalue weighted by atomic mass is 10.2. The van der Waals surface area contributed by atoms with Crippen LogP contribution in [-0.4, -0.2) is 36.3 Å². The Labute approximate surface area is 115 Å². The molecule has 0 amide bonds. The van der Waals surface area contributed by atoms with Crippen LogP contribution in [0.5, 0.6) is 0 Å². The molecular weight excluding hydrogens is 270 g/mol. The second-order valence-electron chi connectivity index (χ2n) is 4.38. The maximum Gasteiger partial charge on any atom is 0.224 e. The van der Waals surface area contributed by atoms with E-state index in [0.717, 1.165) is 42.3 Å². The Hall–Kier alpha value is -0.910. The molecule has 1 aliphatic rings. The molecule has 4 nitrogen and oxygen atoms in total. The molecule has 96 valence electrons. The molecule has 1 fully saturated rings. The highest BCUT2D eigenvalue weighted by molar-refractivity contribution is 7.19. The molecule has 0 atom stereocenters. The molecule has 2 aromatic rings. The summed E-state index contributed by atoms with van der Waals surface area (Å²) in [6, 6.07) is 0. The van der Waals surface area contributed by atoms with Gasteiger partial charge in [0, 0.05) is 18.0 Å². The summed E-state index contributed by atoms with van der Waals surface area (Å²) < 4.78 is 6.51. The number of morpholine rings is 1. The van der Waals surface area contributed by atoms with E-state index in [1.807, 2.05) is 0 Å². The molecule has 0 unspecified atom stereocenters. The zero-order chi connectivity index (χ0) is 12.7. The minimum atomic E-state index is 0.324. The summed E-state index contributed by atoms with van der Waals surface area (Å²) in [5.41, 5.74) is 2.19. The van der Waals surface area contributed by atoms with Gasteiger partial charge in [0.05, 0.1) is 23.4 Å². The zero-order valence-corrected chi connectivity index (χ0v) is 11.9. The lowest BCUT2D eigenvalue weighted by Crippen LogP contribution is -2.36. The van der Waals surface area contributed by atoms with Gasteiger partial charge in [0.1, 0.15) is 0 Å². The van der Waals surface area contributed by atoms with Gasteiger partial charge in [0.15, 0.2) is 5.82 Å². The van der Waals surface area contributed by atoms with Crippen molar-refractivity contribution in [3.63, 3.8) is 0 Å². The first-order chi connectivity index (χ1) is 8.66. The summed E-state index contributed by atoms with van der Waals surface area (Å²) in [4.78, 5) is 12.3. The Morgan fingerprint density at radius 1 is 1.22 bits per heavy atom. The van der Waals surface area contributed by atoms with Gasteiger partial charge in [-0.2, -0.15) is 4.98 Å². The summed E-state index contributed by atoms with van der Waals surface area (Å²) in [6.07, 6.45) is 0. The highest BCUT2D eigenvalue weighted by Gasteiger charge is 2.20. The molecule has 0 N–H and O–H groups in total. The molecule has 18 heavy (non-hydrogen) atoms. The van der Waals surface area contributed by atoms with Crippen molar-refractivity contribution in [2.75, 3.05) is 31.2 Å². The molecule has 0 aromatic carbocycles. The first kappa shape index (κ1) is 12.1. The number of ether oxygens (including phenoxy) is 1. The van der Waals surface area contributed by atoms with Gasteiger partial charge in [-0.05, 0) is 31.0 Å². The minimum absolute atomic E-state index is 0.324. The number of thiophene rings is 1. The average molecular weight is 284 g/mol. The third kappa shape index (κ3) is 1.96. The molecule has 1 aliphatic heterocycles. The molecular formula is C12H14ClN3OS. The number of nitrogens with zero attached hydrogens (tertiary/aromatic N) is 3. The molecule has 0 aliphatic carbocycles. The first-order valence-corrected chi connectivity index (χ1v) is 7.12. The predicted molar refractivity (Wildman–Crippen MR) is 74.9 cm³/mol. The van der Waals surface area contributed by atoms with Crippen LogP contribution in [0.1, 0.15) is 10.4 Å². The maximum atomic E-state index is 6.05. The van der Waals surface area contributed by atoms with Crippen LogP contribution in [0.25, 0.3) is 10.2 Å². The van der Waals surface area contributed by atoms with E-state index in [0.29, 0.717) is 5.28 Å². The number of hydrogen-bond donors (Lipinski definition) is 0. The highest BCUT2D eigenvalue weighted by atomic mass is 35.5. The SMILES string of the molecule is Cc1sc2c(N3CCOCC3)nc(Cl)nc2c1C. The molecule has 0 bridgehead atoms. The highest BCUT2D eigenvalue weighted by Crippen LogP contribution is 2.35. The van der Waals surface area contributed by atoms with E-state index in [9.17, 15) is 0 Å². The van der Waals surface area contributed by atoms with E-state index in [4.69, 9.17) is 16.3 Å². The van der Waals surface area contributed by atoms with Crippen LogP contribution in [-0.2, 0) is 4.74 Å². The molecule has 3 heterocycles. The van der Waals surface area contributed by atoms with Gasteiger partial charge in [0.2, 0.25) is 5.28 Å². The van der Waals surface area contributed by atoms with Crippen molar-refractivity contribution in [3.8, 4) is 0 Å². The summed E-state index contributed by atoms with van der Waals surface area (Å²) in [6.45, 7) is 7.40. The Bertz CT molecular complexity index is 593. The Kier molecular flexibility index (Phi) is 3.13. The number of fused-ring (bicyclic) bond motifs is 1. The number of aromatic nitrogens is 2. The summed E-state index contributed by atoms with van der Waals surface area (Å²) in [5, 5.41) is 0.324. The standard InChI is InChI=1S/C12H14ClN3OS/c1-7-8(2)18-10-9(7)14-12(13)15-11(10)16-3-5-17-6-4-16/h3-6H2,1-2H3. The molecule has 0 spiro atoms. The van der Waals surface area contributed by atoms with Crippen LogP contribution in [0.15, 0.2) is 0 Å². The Balaban J connectivity index is 2.17.